The van der Waals surface area contributed by atoms with Gasteiger partial charge in [0, 0.05) is 24.8 Å². The molecule has 0 fully saturated rings. The molecule has 5 nitrogen and oxygen atoms in total. The van der Waals surface area contributed by atoms with E-state index in [1.54, 1.807) is 18.7 Å². The Kier molecular flexibility index (Phi) is 1.70. The number of rotatable bonds is 0. The Bertz CT molecular complexity index is 319. The monoisotopic (exact) mass is 180 g/mol. The largest absolute Gasteiger partial charge is 0.493 e. The molecule has 2 heterocycles. The molecular weight excluding hydrogens is 172 g/mol. The molecule has 0 saturated carbocycles. The topological polar surface area (TPSA) is 53.0 Å². The SMILES string of the molecule is O=C(O)N1C=CN2C=COCC2=C1. The standard InChI is InChI=1S/C8H8N2O3/c11-8(12)10-2-1-9-3-4-13-6-7(9)5-10/h1-5H,6H2,(H,11,12). The molecule has 2 rings (SSSR count). The number of ether oxygens (including phenoxy) is 1. The van der Waals surface area contributed by atoms with Crippen LogP contribution in [0.1, 0.15) is 0 Å². The zero-order valence-electron chi connectivity index (χ0n) is 6.75. The predicted molar refractivity (Wildman–Crippen MR) is 44.0 cm³/mol. The van der Waals surface area contributed by atoms with Crippen molar-refractivity contribution >= 4 is 6.09 Å². The first-order valence-electron chi connectivity index (χ1n) is 3.74. The first-order chi connectivity index (χ1) is 6.27. The minimum atomic E-state index is -1.00. The van der Waals surface area contributed by atoms with Crippen LogP contribution in [0.5, 0.6) is 0 Å². The van der Waals surface area contributed by atoms with Gasteiger partial charge in [-0.25, -0.2) is 4.79 Å². The number of fused-ring (bicyclic) bond motifs is 1. The summed E-state index contributed by atoms with van der Waals surface area (Å²) in [6.45, 7) is 0.393. The van der Waals surface area contributed by atoms with Gasteiger partial charge in [-0.1, -0.05) is 0 Å². The smallest absolute Gasteiger partial charge is 0.415 e. The molecule has 0 aromatic carbocycles. The molecule has 0 saturated heterocycles. The average molecular weight is 180 g/mol. The average Bonchev–Trinajstić information content (AvgIpc) is 2.17. The summed E-state index contributed by atoms with van der Waals surface area (Å²) >= 11 is 0. The first kappa shape index (κ1) is 7.72. The normalized spacial score (nSPS) is 19.2. The third-order valence-corrected chi connectivity index (χ3v) is 1.78. The Labute approximate surface area is 74.8 Å². The van der Waals surface area contributed by atoms with Gasteiger partial charge in [-0.05, 0) is 0 Å². The van der Waals surface area contributed by atoms with Crippen LogP contribution in [0, 0.1) is 0 Å². The molecule has 0 radical (unpaired) electrons. The molecule has 0 aromatic heterocycles. The lowest BCUT2D eigenvalue weighted by Crippen LogP contribution is -2.28. The van der Waals surface area contributed by atoms with Crippen LogP contribution in [0.25, 0.3) is 0 Å². The zero-order valence-corrected chi connectivity index (χ0v) is 6.75. The van der Waals surface area contributed by atoms with Crippen molar-refractivity contribution < 1.29 is 14.6 Å². The molecule has 0 aromatic rings. The number of hydrogen-bond acceptors (Lipinski definition) is 3. The van der Waals surface area contributed by atoms with E-state index in [9.17, 15) is 4.79 Å². The van der Waals surface area contributed by atoms with Gasteiger partial charge in [-0.2, -0.15) is 0 Å². The van der Waals surface area contributed by atoms with E-state index in [1.807, 2.05) is 4.90 Å². The summed E-state index contributed by atoms with van der Waals surface area (Å²) in [6, 6.07) is 0. The van der Waals surface area contributed by atoms with E-state index < -0.39 is 6.09 Å². The van der Waals surface area contributed by atoms with Gasteiger partial charge in [0.25, 0.3) is 0 Å². The van der Waals surface area contributed by atoms with E-state index in [0.717, 1.165) is 10.6 Å². The minimum Gasteiger partial charge on any atom is -0.493 e. The van der Waals surface area contributed by atoms with Crippen molar-refractivity contribution in [2.24, 2.45) is 0 Å². The van der Waals surface area contributed by atoms with Gasteiger partial charge in [0.2, 0.25) is 0 Å². The van der Waals surface area contributed by atoms with Crippen LogP contribution in [-0.2, 0) is 4.74 Å². The molecule has 0 aliphatic carbocycles. The third-order valence-electron chi connectivity index (χ3n) is 1.78. The highest BCUT2D eigenvalue weighted by molar-refractivity contribution is 5.68. The van der Waals surface area contributed by atoms with Gasteiger partial charge >= 0.3 is 6.09 Å². The van der Waals surface area contributed by atoms with Crippen LogP contribution in [0.2, 0.25) is 0 Å². The number of hydrogen-bond donors (Lipinski definition) is 1. The molecule has 13 heavy (non-hydrogen) atoms. The summed E-state index contributed by atoms with van der Waals surface area (Å²) in [5, 5.41) is 8.68. The van der Waals surface area contributed by atoms with E-state index >= 15 is 0 Å². The van der Waals surface area contributed by atoms with Crippen LogP contribution >= 0.6 is 0 Å². The van der Waals surface area contributed by atoms with E-state index in [0.29, 0.717) is 6.61 Å². The summed E-state index contributed by atoms with van der Waals surface area (Å²) in [6.07, 6.45) is 6.96. The predicted octanol–water partition coefficient (Wildman–Crippen LogP) is 1.10. The highest BCUT2D eigenvalue weighted by atomic mass is 16.5. The van der Waals surface area contributed by atoms with Gasteiger partial charge in [0.05, 0.1) is 5.70 Å². The Morgan fingerprint density at radius 1 is 1.46 bits per heavy atom. The Morgan fingerprint density at radius 2 is 2.31 bits per heavy atom. The lowest BCUT2D eigenvalue weighted by atomic mass is 10.3. The summed E-state index contributed by atoms with van der Waals surface area (Å²) in [4.78, 5) is 13.5. The highest BCUT2D eigenvalue weighted by Gasteiger charge is 2.17. The first-order valence-corrected chi connectivity index (χ1v) is 3.74. The van der Waals surface area contributed by atoms with Crippen molar-refractivity contribution in [3.05, 3.63) is 36.8 Å². The maximum Gasteiger partial charge on any atom is 0.415 e. The molecule has 2 aliphatic heterocycles. The zero-order chi connectivity index (χ0) is 9.26. The molecule has 1 amide bonds. The molecule has 0 atom stereocenters. The van der Waals surface area contributed by atoms with Gasteiger partial charge in [0.1, 0.15) is 12.9 Å². The molecule has 68 valence electrons. The van der Waals surface area contributed by atoms with E-state index in [-0.39, 0.29) is 0 Å². The maximum absolute atomic E-state index is 10.6. The third kappa shape index (κ3) is 1.35. The molecule has 0 spiro atoms. The lowest BCUT2D eigenvalue weighted by molar-refractivity contribution is 0.170. The van der Waals surface area contributed by atoms with Crippen LogP contribution < -0.4 is 0 Å². The van der Waals surface area contributed by atoms with E-state index in [2.05, 4.69) is 0 Å². The number of amides is 1. The van der Waals surface area contributed by atoms with E-state index in [1.165, 1.54) is 12.4 Å². The molecular formula is C8H8N2O3. The fourth-order valence-electron chi connectivity index (χ4n) is 1.13. The van der Waals surface area contributed by atoms with Crippen molar-refractivity contribution in [2.75, 3.05) is 6.61 Å². The second-order valence-electron chi connectivity index (χ2n) is 2.61. The van der Waals surface area contributed by atoms with Crippen molar-refractivity contribution in [1.82, 2.24) is 9.80 Å². The maximum atomic E-state index is 10.6. The quantitative estimate of drug-likeness (QED) is 0.606. The van der Waals surface area contributed by atoms with Gasteiger partial charge in [0.15, 0.2) is 0 Å². The van der Waals surface area contributed by atoms with Crippen molar-refractivity contribution in [3.8, 4) is 0 Å². The van der Waals surface area contributed by atoms with Crippen molar-refractivity contribution in [3.63, 3.8) is 0 Å². The van der Waals surface area contributed by atoms with Crippen molar-refractivity contribution in [1.29, 1.82) is 0 Å². The van der Waals surface area contributed by atoms with Crippen molar-refractivity contribution in [2.45, 2.75) is 0 Å². The molecule has 5 heteroatoms. The summed E-state index contributed by atoms with van der Waals surface area (Å²) < 4.78 is 5.02. The molecule has 2 aliphatic rings. The minimum absolute atomic E-state index is 0.393. The van der Waals surface area contributed by atoms with Crippen LogP contribution in [0.3, 0.4) is 0 Å². The van der Waals surface area contributed by atoms with Gasteiger partial charge in [-0.3, -0.25) is 4.90 Å². The second-order valence-corrected chi connectivity index (χ2v) is 2.61. The molecule has 0 unspecified atom stereocenters. The van der Waals surface area contributed by atoms with Gasteiger partial charge < -0.3 is 14.7 Å². The number of nitrogens with zero attached hydrogens (tertiary/aromatic N) is 2. The summed E-state index contributed by atoms with van der Waals surface area (Å²) in [5.74, 6) is 0. The van der Waals surface area contributed by atoms with Crippen LogP contribution in [0.4, 0.5) is 4.79 Å². The Balaban J connectivity index is 2.23. The fraction of sp³-hybridized carbons (Fsp3) is 0.125. The summed E-state index contributed by atoms with van der Waals surface area (Å²) in [5.41, 5.74) is 0.799. The molecule has 0 bridgehead atoms. The second kappa shape index (κ2) is 2.85. The van der Waals surface area contributed by atoms with Crippen LogP contribution in [-0.4, -0.2) is 27.6 Å². The summed E-state index contributed by atoms with van der Waals surface area (Å²) in [7, 11) is 0. The van der Waals surface area contributed by atoms with E-state index in [4.69, 9.17) is 9.84 Å². The fourth-order valence-corrected chi connectivity index (χ4v) is 1.13. The molecule has 1 N–H and O–H groups in total. The highest BCUT2D eigenvalue weighted by Crippen LogP contribution is 2.17. The van der Waals surface area contributed by atoms with Gasteiger partial charge in [-0.15, -0.1) is 0 Å². The number of carbonyl (C=O) groups is 1. The Morgan fingerprint density at radius 3 is 3.08 bits per heavy atom. The van der Waals surface area contributed by atoms with Crippen LogP contribution in [0.15, 0.2) is 36.8 Å². The Hall–Kier alpha value is -1.91. The lowest BCUT2D eigenvalue weighted by Gasteiger charge is -2.28. The number of carboxylic acid groups (broad SMARTS) is 1.